The normalized spacial score (nSPS) is 19.8. The number of para-hydroxylation sites is 1. The fraction of sp³-hybridized carbons (Fsp3) is 0.500. The smallest absolute Gasteiger partial charge is 0.237 e. The predicted molar refractivity (Wildman–Crippen MR) is 109 cm³/mol. The Bertz CT molecular complexity index is 902. The highest BCUT2D eigenvalue weighted by atomic mass is 32.2. The van der Waals surface area contributed by atoms with Crippen molar-refractivity contribution in [3.8, 4) is 0 Å². The third-order valence-corrected chi connectivity index (χ3v) is 6.59. The summed E-state index contributed by atoms with van der Waals surface area (Å²) in [4.78, 5) is 24.8. The maximum absolute atomic E-state index is 13.1. The summed E-state index contributed by atoms with van der Waals surface area (Å²) in [7, 11) is 0. The molecule has 2 aromatic rings. The first kappa shape index (κ1) is 17.2. The lowest BCUT2D eigenvalue weighted by Crippen LogP contribution is -2.34. The van der Waals surface area contributed by atoms with Gasteiger partial charge in [0.15, 0.2) is 0 Å². The Morgan fingerprint density at radius 2 is 1.96 bits per heavy atom. The summed E-state index contributed by atoms with van der Waals surface area (Å²) in [5, 5.41) is 2.03. The van der Waals surface area contributed by atoms with Crippen LogP contribution in [0.3, 0.4) is 0 Å². The van der Waals surface area contributed by atoms with Gasteiger partial charge in [-0.1, -0.05) is 36.0 Å². The van der Waals surface area contributed by atoms with Crippen molar-refractivity contribution in [3.63, 3.8) is 0 Å². The largest absolute Gasteiger partial charge is 0.313 e. The number of allylic oxidation sites excluding steroid dienone is 2. The number of fused-ring (bicyclic) bond motifs is 1. The molecule has 0 bridgehead atoms. The Labute approximate surface area is 164 Å². The quantitative estimate of drug-likeness (QED) is 0.520. The maximum Gasteiger partial charge on any atom is 0.237 e. The molecule has 1 aromatic heterocycles. The minimum atomic E-state index is 0.242. The lowest BCUT2D eigenvalue weighted by molar-refractivity contribution is -0.127. The number of amides is 1. The standard InChI is InChI=1S/C22H25N3OS/c26-20(25(17-12-13-17)16-6-2-1-3-7-16)14-27-22-18-8-4-5-9-19(18)23-21(24-22)15-10-11-15/h4-6,8-9,15,17H,1-3,7,10-14H2. The molecule has 0 atom stereocenters. The monoisotopic (exact) mass is 379 g/mol. The van der Waals surface area contributed by atoms with Gasteiger partial charge in [-0.2, -0.15) is 0 Å². The predicted octanol–water partition coefficient (Wildman–Crippen LogP) is 5.05. The van der Waals surface area contributed by atoms with Crippen LogP contribution in [0.2, 0.25) is 0 Å². The van der Waals surface area contributed by atoms with E-state index in [2.05, 4.69) is 23.1 Å². The third kappa shape index (κ3) is 3.75. The molecule has 3 aliphatic rings. The molecule has 5 heteroatoms. The van der Waals surface area contributed by atoms with Gasteiger partial charge in [0.2, 0.25) is 5.91 Å². The molecule has 5 rings (SSSR count). The molecule has 1 amide bonds. The molecule has 140 valence electrons. The molecular weight excluding hydrogens is 354 g/mol. The zero-order valence-electron chi connectivity index (χ0n) is 15.6. The van der Waals surface area contributed by atoms with E-state index in [-0.39, 0.29) is 5.91 Å². The van der Waals surface area contributed by atoms with Gasteiger partial charge < -0.3 is 4.90 Å². The average molecular weight is 380 g/mol. The van der Waals surface area contributed by atoms with Gasteiger partial charge in [0.25, 0.3) is 0 Å². The average Bonchev–Trinajstić information content (AvgIpc) is 3.60. The molecule has 2 saturated carbocycles. The van der Waals surface area contributed by atoms with E-state index in [1.165, 1.54) is 31.4 Å². The van der Waals surface area contributed by atoms with E-state index >= 15 is 0 Å². The molecule has 0 radical (unpaired) electrons. The van der Waals surface area contributed by atoms with E-state index in [0.29, 0.717) is 17.7 Å². The molecule has 1 aromatic carbocycles. The second-order valence-electron chi connectivity index (χ2n) is 7.90. The first-order chi connectivity index (χ1) is 13.3. The molecule has 2 fully saturated rings. The summed E-state index contributed by atoms with van der Waals surface area (Å²) in [6, 6.07) is 8.61. The van der Waals surface area contributed by atoms with Crippen LogP contribution < -0.4 is 0 Å². The fourth-order valence-corrected chi connectivity index (χ4v) is 4.75. The summed E-state index contributed by atoms with van der Waals surface area (Å²) in [6.45, 7) is 0. The summed E-state index contributed by atoms with van der Waals surface area (Å²) in [5.74, 6) is 2.17. The minimum Gasteiger partial charge on any atom is -0.313 e. The third-order valence-electron chi connectivity index (χ3n) is 5.62. The van der Waals surface area contributed by atoms with Crippen LogP contribution in [0.15, 0.2) is 41.1 Å². The number of thioether (sulfide) groups is 1. The summed E-state index contributed by atoms with van der Waals surface area (Å²) in [6.07, 6.45) is 11.6. The van der Waals surface area contributed by atoms with E-state index in [9.17, 15) is 4.79 Å². The van der Waals surface area contributed by atoms with Crippen molar-refractivity contribution >= 4 is 28.6 Å². The summed E-state index contributed by atoms with van der Waals surface area (Å²) >= 11 is 1.59. The first-order valence-corrected chi connectivity index (χ1v) is 11.2. The van der Waals surface area contributed by atoms with Crippen molar-refractivity contribution in [3.05, 3.63) is 41.9 Å². The van der Waals surface area contributed by atoms with E-state index in [1.807, 2.05) is 12.1 Å². The Kier molecular flexibility index (Phi) is 4.64. The summed E-state index contributed by atoms with van der Waals surface area (Å²) in [5.41, 5.74) is 2.26. The number of hydrogen-bond acceptors (Lipinski definition) is 4. The van der Waals surface area contributed by atoms with E-state index < -0.39 is 0 Å². The van der Waals surface area contributed by atoms with Crippen molar-refractivity contribution in [2.75, 3.05) is 5.75 Å². The van der Waals surface area contributed by atoms with E-state index in [4.69, 9.17) is 9.97 Å². The van der Waals surface area contributed by atoms with Crippen LogP contribution in [0.5, 0.6) is 0 Å². The highest BCUT2D eigenvalue weighted by Crippen LogP contribution is 2.40. The molecule has 1 heterocycles. The van der Waals surface area contributed by atoms with Crippen LogP contribution in [-0.2, 0) is 4.79 Å². The molecule has 3 aliphatic carbocycles. The van der Waals surface area contributed by atoms with Crippen LogP contribution in [0, 0.1) is 0 Å². The lowest BCUT2D eigenvalue weighted by atomic mass is 10.0. The molecule has 4 nitrogen and oxygen atoms in total. The molecule has 0 N–H and O–H groups in total. The van der Waals surface area contributed by atoms with E-state index in [1.54, 1.807) is 11.8 Å². The molecule has 0 saturated heterocycles. The highest BCUT2D eigenvalue weighted by molar-refractivity contribution is 8.00. The van der Waals surface area contributed by atoms with Crippen molar-refractivity contribution in [1.82, 2.24) is 14.9 Å². The van der Waals surface area contributed by atoms with Crippen molar-refractivity contribution in [2.24, 2.45) is 0 Å². The van der Waals surface area contributed by atoms with Gasteiger partial charge in [0.05, 0.1) is 11.3 Å². The number of carbonyl (C=O) groups excluding carboxylic acids is 1. The van der Waals surface area contributed by atoms with Crippen LogP contribution in [0.1, 0.15) is 63.1 Å². The van der Waals surface area contributed by atoms with Crippen molar-refractivity contribution in [2.45, 2.75) is 68.4 Å². The van der Waals surface area contributed by atoms with E-state index in [0.717, 1.165) is 47.4 Å². The van der Waals surface area contributed by atoms with Gasteiger partial charge in [0.1, 0.15) is 10.9 Å². The van der Waals surface area contributed by atoms with Crippen LogP contribution >= 0.6 is 11.8 Å². The van der Waals surface area contributed by atoms with Gasteiger partial charge >= 0.3 is 0 Å². The number of rotatable bonds is 6. The zero-order chi connectivity index (χ0) is 18.2. The number of hydrogen-bond donors (Lipinski definition) is 0. The fourth-order valence-electron chi connectivity index (χ4n) is 3.87. The van der Waals surface area contributed by atoms with Gasteiger partial charge in [-0.25, -0.2) is 9.97 Å². The minimum absolute atomic E-state index is 0.242. The van der Waals surface area contributed by atoms with Gasteiger partial charge in [0, 0.05) is 23.0 Å². The maximum atomic E-state index is 13.1. The second-order valence-corrected chi connectivity index (χ2v) is 8.87. The molecule has 0 spiro atoms. The Hall–Kier alpha value is -1.88. The number of benzene rings is 1. The molecule has 27 heavy (non-hydrogen) atoms. The van der Waals surface area contributed by atoms with Gasteiger partial charge in [-0.05, 0) is 57.4 Å². The number of carbonyl (C=O) groups is 1. The first-order valence-electron chi connectivity index (χ1n) is 10.2. The van der Waals surface area contributed by atoms with Crippen LogP contribution in [0.25, 0.3) is 10.9 Å². The van der Waals surface area contributed by atoms with Crippen molar-refractivity contribution in [1.29, 1.82) is 0 Å². The SMILES string of the molecule is O=C(CSc1nc(C2CC2)nc2ccccc12)N(C1=CCCCC1)C1CC1. The van der Waals surface area contributed by atoms with Gasteiger partial charge in [-0.3, -0.25) is 4.79 Å². The Balaban J connectivity index is 1.37. The Morgan fingerprint density at radius 3 is 2.70 bits per heavy atom. The van der Waals surface area contributed by atoms with Crippen LogP contribution in [0.4, 0.5) is 0 Å². The van der Waals surface area contributed by atoms with Crippen LogP contribution in [-0.4, -0.2) is 32.6 Å². The number of aromatic nitrogens is 2. The topological polar surface area (TPSA) is 46.1 Å². The molecule has 0 unspecified atom stereocenters. The number of nitrogens with zero attached hydrogens (tertiary/aromatic N) is 3. The van der Waals surface area contributed by atoms with Gasteiger partial charge in [-0.15, -0.1) is 0 Å². The summed E-state index contributed by atoms with van der Waals surface area (Å²) < 4.78 is 0. The zero-order valence-corrected chi connectivity index (χ0v) is 16.4. The van der Waals surface area contributed by atoms with Crippen molar-refractivity contribution < 1.29 is 4.79 Å². The Morgan fingerprint density at radius 1 is 1.11 bits per heavy atom. The molecular formula is C22H25N3OS. The second kappa shape index (κ2) is 7.27. The molecule has 0 aliphatic heterocycles. The highest BCUT2D eigenvalue weighted by Gasteiger charge is 2.35. The lowest BCUT2D eigenvalue weighted by Gasteiger charge is -2.27.